The molecule has 110 valence electrons. The average Bonchev–Trinajstić information content (AvgIpc) is 2.38. The van der Waals surface area contributed by atoms with E-state index in [1.165, 1.54) is 31.3 Å². The number of aliphatic hydroxyl groups excluding tert-OH is 1. The van der Waals surface area contributed by atoms with Gasteiger partial charge in [-0.1, -0.05) is 51.7 Å². The molecule has 0 aromatic heterocycles. The molecule has 2 aliphatic rings. The maximum atomic E-state index is 9.91. The second-order valence-corrected chi connectivity index (χ2v) is 6.75. The van der Waals surface area contributed by atoms with E-state index in [2.05, 4.69) is 33.8 Å². The van der Waals surface area contributed by atoms with Crippen LogP contribution >= 0.6 is 0 Å². The first-order valence-corrected chi connectivity index (χ1v) is 7.97. The maximum absolute atomic E-state index is 9.91. The van der Waals surface area contributed by atoms with E-state index in [0.29, 0.717) is 23.9 Å². The molecule has 2 rings (SSSR count). The van der Waals surface area contributed by atoms with Crippen molar-refractivity contribution in [3.05, 3.63) is 11.6 Å². The third-order valence-corrected chi connectivity index (χ3v) is 5.74. The Kier molecular flexibility index (Phi) is 4.73. The lowest BCUT2D eigenvalue weighted by molar-refractivity contribution is -0.164. The minimum atomic E-state index is -0.0502. The van der Waals surface area contributed by atoms with Crippen LogP contribution in [0.4, 0.5) is 0 Å². The molecule has 0 radical (unpaired) electrons. The first-order valence-electron chi connectivity index (χ1n) is 7.97. The van der Waals surface area contributed by atoms with E-state index in [9.17, 15) is 5.11 Å². The van der Waals surface area contributed by atoms with Crippen molar-refractivity contribution >= 4 is 0 Å². The summed E-state index contributed by atoms with van der Waals surface area (Å²) < 4.78 is 6.20. The summed E-state index contributed by atoms with van der Waals surface area (Å²) in [5, 5.41) is 9.91. The van der Waals surface area contributed by atoms with Gasteiger partial charge in [0, 0.05) is 11.3 Å². The van der Waals surface area contributed by atoms with Gasteiger partial charge in [0.2, 0.25) is 0 Å². The predicted octanol–water partition coefficient (Wildman–Crippen LogP) is 3.79. The lowest BCUT2D eigenvalue weighted by atomic mass is 9.56. The monoisotopic (exact) mass is 266 g/mol. The Morgan fingerprint density at radius 2 is 2.11 bits per heavy atom. The Morgan fingerprint density at radius 3 is 2.74 bits per heavy atom. The van der Waals surface area contributed by atoms with E-state index in [4.69, 9.17) is 4.74 Å². The van der Waals surface area contributed by atoms with Gasteiger partial charge in [-0.25, -0.2) is 0 Å². The largest absolute Gasteiger partial charge is 0.396 e. The van der Waals surface area contributed by atoms with E-state index < -0.39 is 0 Å². The van der Waals surface area contributed by atoms with Crippen molar-refractivity contribution in [3.63, 3.8) is 0 Å². The summed E-state index contributed by atoms with van der Waals surface area (Å²) >= 11 is 0. The molecule has 1 fully saturated rings. The van der Waals surface area contributed by atoms with E-state index in [0.717, 1.165) is 6.61 Å². The lowest BCUT2D eigenvalue weighted by Gasteiger charge is -2.55. The first-order chi connectivity index (χ1) is 9.06. The molecule has 0 saturated carbocycles. The fraction of sp³-hybridized carbons (Fsp3) is 0.882. The Hall–Kier alpha value is -0.340. The van der Waals surface area contributed by atoms with E-state index in [-0.39, 0.29) is 12.0 Å². The van der Waals surface area contributed by atoms with E-state index >= 15 is 0 Å². The van der Waals surface area contributed by atoms with Crippen LogP contribution in [0.25, 0.3) is 0 Å². The van der Waals surface area contributed by atoms with Crippen LogP contribution in [0.15, 0.2) is 11.6 Å². The Morgan fingerprint density at radius 1 is 1.37 bits per heavy atom. The zero-order valence-corrected chi connectivity index (χ0v) is 13.0. The molecule has 1 aliphatic heterocycles. The minimum Gasteiger partial charge on any atom is -0.396 e. The second kappa shape index (κ2) is 5.97. The Labute approximate surface area is 118 Å². The maximum Gasteiger partial charge on any atom is 0.0643 e. The van der Waals surface area contributed by atoms with Crippen molar-refractivity contribution in [2.75, 3.05) is 13.2 Å². The fourth-order valence-electron chi connectivity index (χ4n) is 4.27. The smallest absolute Gasteiger partial charge is 0.0643 e. The average molecular weight is 266 g/mol. The summed E-state index contributed by atoms with van der Waals surface area (Å²) in [6.07, 6.45) is 7.74. The van der Waals surface area contributed by atoms with E-state index in [1.54, 1.807) is 0 Å². The summed E-state index contributed by atoms with van der Waals surface area (Å²) in [6, 6.07) is 0. The van der Waals surface area contributed by atoms with Gasteiger partial charge in [0.05, 0.1) is 19.3 Å². The first kappa shape index (κ1) is 15.1. The standard InChI is InChI=1S/C17H30O2/c1-5-6-7-8-15-16-12(2)9-13(3)17(10-18,11-19-15)14(16)4/h9,13-16,18H,5-8,10-11H2,1-4H3/t13-,14+,15+,16-,17-/m0/s1. The van der Waals surface area contributed by atoms with Crippen molar-refractivity contribution in [2.24, 2.45) is 23.2 Å². The molecule has 2 nitrogen and oxygen atoms in total. The quantitative estimate of drug-likeness (QED) is 0.606. The van der Waals surface area contributed by atoms with Gasteiger partial charge in [0.15, 0.2) is 0 Å². The zero-order valence-electron chi connectivity index (χ0n) is 13.0. The van der Waals surface area contributed by atoms with Crippen LogP contribution in [-0.4, -0.2) is 24.4 Å². The molecule has 0 aromatic rings. The highest BCUT2D eigenvalue weighted by Gasteiger charge is 2.52. The van der Waals surface area contributed by atoms with Crippen molar-refractivity contribution in [2.45, 2.75) is 59.5 Å². The summed E-state index contributed by atoms with van der Waals surface area (Å²) in [7, 11) is 0. The number of hydrogen-bond donors (Lipinski definition) is 1. The molecule has 2 heteroatoms. The topological polar surface area (TPSA) is 29.5 Å². The van der Waals surface area contributed by atoms with Crippen molar-refractivity contribution in [3.8, 4) is 0 Å². The molecular weight excluding hydrogens is 236 g/mol. The van der Waals surface area contributed by atoms with Gasteiger partial charge in [0.1, 0.15) is 0 Å². The SMILES string of the molecule is CCCCC[C@H]1OC[C@]2(CO)[C@H](C)[C@@H]1C(C)=C[C@@H]2C. The molecule has 1 saturated heterocycles. The normalized spacial score (nSPS) is 42.1. The van der Waals surface area contributed by atoms with Gasteiger partial charge in [-0.3, -0.25) is 0 Å². The third kappa shape index (κ3) is 2.50. The summed E-state index contributed by atoms with van der Waals surface area (Å²) in [4.78, 5) is 0. The molecule has 5 atom stereocenters. The molecule has 19 heavy (non-hydrogen) atoms. The number of allylic oxidation sites excluding steroid dienone is 1. The number of aliphatic hydroxyl groups is 1. The van der Waals surface area contributed by atoms with Gasteiger partial charge in [-0.05, 0) is 25.2 Å². The van der Waals surface area contributed by atoms with Gasteiger partial charge in [-0.15, -0.1) is 0 Å². The fourth-order valence-corrected chi connectivity index (χ4v) is 4.27. The van der Waals surface area contributed by atoms with Crippen LogP contribution in [-0.2, 0) is 4.74 Å². The van der Waals surface area contributed by atoms with Gasteiger partial charge in [0.25, 0.3) is 0 Å². The molecule has 0 unspecified atom stereocenters. The van der Waals surface area contributed by atoms with Crippen LogP contribution in [0, 0.1) is 23.2 Å². The van der Waals surface area contributed by atoms with Crippen LogP contribution in [0.2, 0.25) is 0 Å². The molecular formula is C17H30O2. The predicted molar refractivity (Wildman–Crippen MR) is 79.0 cm³/mol. The van der Waals surface area contributed by atoms with Crippen LogP contribution in [0.3, 0.4) is 0 Å². The number of rotatable bonds is 5. The third-order valence-electron chi connectivity index (χ3n) is 5.74. The molecule has 2 bridgehead atoms. The molecule has 0 spiro atoms. The highest BCUT2D eigenvalue weighted by molar-refractivity contribution is 5.20. The van der Waals surface area contributed by atoms with Crippen LogP contribution in [0.1, 0.15) is 53.4 Å². The molecule has 0 aromatic carbocycles. The van der Waals surface area contributed by atoms with Gasteiger partial charge < -0.3 is 9.84 Å². The summed E-state index contributed by atoms with van der Waals surface area (Å²) in [6.45, 7) is 10.0. The zero-order chi connectivity index (χ0) is 14.0. The Bertz CT molecular complexity index is 336. The number of fused-ring (bicyclic) bond motifs is 2. The van der Waals surface area contributed by atoms with Gasteiger partial charge >= 0.3 is 0 Å². The van der Waals surface area contributed by atoms with Crippen molar-refractivity contribution < 1.29 is 9.84 Å². The van der Waals surface area contributed by atoms with Crippen molar-refractivity contribution in [1.82, 2.24) is 0 Å². The molecule has 1 N–H and O–H groups in total. The Balaban J connectivity index is 2.17. The highest BCUT2D eigenvalue weighted by atomic mass is 16.5. The minimum absolute atomic E-state index is 0.0502. The van der Waals surface area contributed by atoms with Gasteiger partial charge in [-0.2, -0.15) is 0 Å². The second-order valence-electron chi connectivity index (χ2n) is 6.75. The highest BCUT2D eigenvalue weighted by Crippen LogP contribution is 2.52. The lowest BCUT2D eigenvalue weighted by Crippen LogP contribution is -2.56. The molecule has 1 aliphatic carbocycles. The van der Waals surface area contributed by atoms with Crippen LogP contribution in [0.5, 0.6) is 0 Å². The number of ether oxygens (including phenoxy) is 1. The van der Waals surface area contributed by atoms with Crippen molar-refractivity contribution in [1.29, 1.82) is 0 Å². The number of hydrogen-bond acceptors (Lipinski definition) is 2. The summed E-state index contributed by atoms with van der Waals surface area (Å²) in [5.74, 6) is 1.45. The summed E-state index contributed by atoms with van der Waals surface area (Å²) in [5.41, 5.74) is 1.43. The van der Waals surface area contributed by atoms with E-state index in [1.807, 2.05) is 0 Å². The number of unbranched alkanes of at least 4 members (excludes halogenated alkanes) is 2. The molecule has 0 amide bonds. The van der Waals surface area contributed by atoms with Crippen LogP contribution < -0.4 is 0 Å². The molecule has 1 heterocycles.